The highest BCUT2D eigenvalue weighted by Gasteiger charge is 2.23. The number of ether oxygens (including phenoxy) is 6. The minimum Gasteiger partial charge on any atom is -0.464 e. The lowest BCUT2D eigenvalue weighted by Crippen LogP contribution is -2.43. The van der Waals surface area contributed by atoms with Gasteiger partial charge in [0.05, 0.1) is 52.9 Å². The molecule has 0 aromatic rings. The Morgan fingerprint density at radius 2 is 1.33 bits per heavy atom. The summed E-state index contributed by atoms with van der Waals surface area (Å²) in [7, 11) is 1.62. The van der Waals surface area contributed by atoms with Crippen LogP contribution in [0.1, 0.15) is 27.2 Å². The van der Waals surface area contributed by atoms with Gasteiger partial charge in [0, 0.05) is 7.11 Å². The summed E-state index contributed by atoms with van der Waals surface area (Å²) < 4.78 is 30.7. The lowest BCUT2D eigenvalue weighted by molar-refractivity contribution is -0.146. The van der Waals surface area contributed by atoms with Crippen molar-refractivity contribution in [2.45, 2.75) is 33.2 Å². The van der Waals surface area contributed by atoms with Gasteiger partial charge >= 0.3 is 12.1 Å². The minimum atomic E-state index is -0.710. The van der Waals surface area contributed by atoms with Crippen LogP contribution in [0.2, 0.25) is 0 Å². The minimum absolute atomic E-state index is 0.0865. The fraction of sp³-hybridized carbons (Fsp3) is 0.889. The van der Waals surface area contributed by atoms with Crippen molar-refractivity contribution in [1.82, 2.24) is 5.32 Å². The highest BCUT2D eigenvalue weighted by Crippen LogP contribution is 2.06. The summed E-state index contributed by atoms with van der Waals surface area (Å²) >= 11 is 0. The molecule has 0 aliphatic heterocycles. The fourth-order valence-electron chi connectivity index (χ4n) is 1.99. The molecule has 27 heavy (non-hydrogen) atoms. The van der Waals surface area contributed by atoms with E-state index in [-0.39, 0.29) is 25.7 Å². The lowest BCUT2D eigenvalue weighted by Gasteiger charge is -2.18. The molecule has 0 saturated carbocycles. The molecule has 0 aromatic carbocycles. The standard InChI is InChI=1S/C18H35NO8/c1-5-26-17(20)16(14-15(2)3)19-18(21)27-13-12-25-11-10-24-9-8-23-7-6-22-4/h15-16H,5-14H2,1-4H3,(H,19,21)/t16-/m0/s1. The average molecular weight is 393 g/mol. The van der Waals surface area contributed by atoms with Gasteiger partial charge in [-0.3, -0.25) is 0 Å². The highest BCUT2D eigenvalue weighted by atomic mass is 16.6. The maximum absolute atomic E-state index is 11.8. The van der Waals surface area contributed by atoms with E-state index < -0.39 is 18.1 Å². The van der Waals surface area contributed by atoms with E-state index in [9.17, 15) is 9.59 Å². The number of hydrogen-bond acceptors (Lipinski definition) is 8. The van der Waals surface area contributed by atoms with Crippen molar-refractivity contribution in [1.29, 1.82) is 0 Å². The van der Waals surface area contributed by atoms with Crippen molar-refractivity contribution in [3.8, 4) is 0 Å². The number of alkyl carbamates (subject to hydrolysis) is 1. The van der Waals surface area contributed by atoms with Crippen LogP contribution in [0, 0.1) is 5.92 Å². The van der Waals surface area contributed by atoms with E-state index in [1.807, 2.05) is 13.8 Å². The van der Waals surface area contributed by atoms with Crippen LogP contribution >= 0.6 is 0 Å². The zero-order valence-electron chi connectivity index (χ0n) is 17.0. The number of rotatable bonds is 17. The van der Waals surface area contributed by atoms with Crippen LogP contribution in [0.5, 0.6) is 0 Å². The van der Waals surface area contributed by atoms with Gasteiger partial charge in [-0.2, -0.15) is 0 Å². The molecule has 0 heterocycles. The molecule has 0 aliphatic carbocycles. The summed E-state index contributed by atoms with van der Waals surface area (Å²) in [4.78, 5) is 23.6. The summed E-state index contributed by atoms with van der Waals surface area (Å²) in [5.41, 5.74) is 0. The van der Waals surface area contributed by atoms with Crippen molar-refractivity contribution < 1.29 is 38.0 Å². The molecule has 0 radical (unpaired) electrons. The zero-order valence-corrected chi connectivity index (χ0v) is 17.0. The van der Waals surface area contributed by atoms with E-state index in [1.54, 1.807) is 14.0 Å². The van der Waals surface area contributed by atoms with Crippen LogP contribution in [0.25, 0.3) is 0 Å². The van der Waals surface area contributed by atoms with Gasteiger partial charge in [-0.15, -0.1) is 0 Å². The van der Waals surface area contributed by atoms with Gasteiger partial charge < -0.3 is 33.7 Å². The molecule has 1 atom stereocenters. The summed E-state index contributed by atoms with van der Waals surface area (Å²) in [5, 5.41) is 2.53. The second-order valence-electron chi connectivity index (χ2n) is 6.04. The Labute approximate surface area is 161 Å². The first kappa shape index (κ1) is 25.6. The summed E-state index contributed by atoms with van der Waals surface area (Å²) in [6, 6.07) is -0.710. The van der Waals surface area contributed by atoms with Gasteiger partial charge in [-0.1, -0.05) is 13.8 Å². The van der Waals surface area contributed by atoms with Gasteiger partial charge in [0.2, 0.25) is 0 Å². The van der Waals surface area contributed by atoms with Crippen molar-refractivity contribution >= 4 is 12.1 Å². The van der Waals surface area contributed by atoms with Crippen LogP contribution in [0.4, 0.5) is 4.79 Å². The molecule has 0 bridgehead atoms. The molecule has 0 saturated heterocycles. The third-order valence-electron chi connectivity index (χ3n) is 3.21. The predicted octanol–water partition coefficient (Wildman–Crippen LogP) is 1.39. The monoisotopic (exact) mass is 393 g/mol. The van der Waals surface area contributed by atoms with Crippen LogP contribution in [0.15, 0.2) is 0 Å². The molecule has 0 fully saturated rings. The van der Waals surface area contributed by atoms with E-state index >= 15 is 0 Å². The van der Waals surface area contributed by atoms with Crippen LogP contribution in [-0.4, -0.2) is 84.7 Å². The number of amides is 1. The molecular weight excluding hydrogens is 358 g/mol. The quantitative estimate of drug-likeness (QED) is 0.292. The highest BCUT2D eigenvalue weighted by molar-refractivity contribution is 5.81. The number of esters is 1. The molecule has 9 nitrogen and oxygen atoms in total. The Morgan fingerprint density at radius 3 is 1.81 bits per heavy atom. The predicted molar refractivity (Wildman–Crippen MR) is 98.7 cm³/mol. The molecule has 1 amide bonds. The molecule has 9 heteroatoms. The van der Waals surface area contributed by atoms with Crippen molar-refractivity contribution in [2.24, 2.45) is 5.92 Å². The smallest absolute Gasteiger partial charge is 0.407 e. The number of carbonyl (C=O) groups is 2. The van der Waals surface area contributed by atoms with Crippen molar-refractivity contribution in [2.75, 3.05) is 66.6 Å². The van der Waals surface area contributed by atoms with E-state index in [2.05, 4.69) is 5.32 Å². The van der Waals surface area contributed by atoms with Crippen molar-refractivity contribution in [3.05, 3.63) is 0 Å². The Hall–Kier alpha value is -1.42. The number of methoxy groups -OCH3 is 1. The van der Waals surface area contributed by atoms with E-state index in [0.29, 0.717) is 46.1 Å². The SMILES string of the molecule is CCOC(=O)[C@H](CC(C)C)NC(=O)OCCOCCOCCOCCOC. The number of nitrogens with one attached hydrogen (secondary N) is 1. The Bertz CT molecular complexity index is 378. The number of carbonyl (C=O) groups excluding carboxylic acids is 2. The van der Waals surface area contributed by atoms with E-state index in [0.717, 1.165) is 0 Å². The normalized spacial score (nSPS) is 12.0. The van der Waals surface area contributed by atoms with Crippen molar-refractivity contribution in [3.63, 3.8) is 0 Å². The molecule has 1 N–H and O–H groups in total. The first-order valence-corrected chi connectivity index (χ1v) is 9.33. The zero-order chi connectivity index (χ0) is 20.3. The maximum Gasteiger partial charge on any atom is 0.407 e. The lowest BCUT2D eigenvalue weighted by atomic mass is 10.0. The first-order chi connectivity index (χ1) is 13.0. The maximum atomic E-state index is 11.8. The molecular formula is C18H35NO8. The summed E-state index contributed by atoms with van der Waals surface area (Å²) in [5.74, 6) is -0.226. The third kappa shape index (κ3) is 16.5. The van der Waals surface area contributed by atoms with Gasteiger partial charge in [0.1, 0.15) is 12.6 Å². The molecule has 160 valence electrons. The topological polar surface area (TPSA) is 102 Å². The van der Waals surface area contributed by atoms with Crippen LogP contribution in [-0.2, 0) is 33.2 Å². The second-order valence-corrected chi connectivity index (χ2v) is 6.04. The van der Waals surface area contributed by atoms with Crippen LogP contribution < -0.4 is 5.32 Å². The fourth-order valence-corrected chi connectivity index (χ4v) is 1.99. The van der Waals surface area contributed by atoms with Gasteiger partial charge in [-0.25, -0.2) is 9.59 Å². The molecule has 0 unspecified atom stereocenters. The van der Waals surface area contributed by atoms with E-state index in [4.69, 9.17) is 28.4 Å². The summed E-state index contributed by atoms with van der Waals surface area (Å²) in [6.45, 7) is 9.15. The third-order valence-corrected chi connectivity index (χ3v) is 3.21. The first-order valence-electron chi connectivity index (χ1n) is 9.33. The van der Waals surface area contributed by atoms with Gasteiger partial charge in [-0.05, 0) is 19.3 Å². The Balaban J connectivity index is 3.67. The number of hydrogen-bond donors (Lipinski definition) is 1. The molecule has 0 rings (SSSR count). The van der Waals surface area contributed by atoms with Crippen LogP contribution in [0.3, 0.4) is 0 Å². The van der Waals surface area contributed by atoms with Gasteiger partial charge in [0.25, 0.3) is 0 Å². The Kier molecular flexibility index (Phi) is 17.0. The summed E-state index contributed by atoms with van der Waals surface area (Å²) in [6.07, 6.45) is -0.182. The molecule has 0 aromatic heterocycles. The van der Waals surface area contributed by atoms with E-state index in [1.165, 1.54) is 0 Å². The largest absolute Gasteiger partial charge is 0.464 e. The Morgan fingerprint density at radius 1 is 0.815 bits per heavy atom. The molecule has 0 aliphatic rings. The average Bonchev–Trinajstić information content (AvgIpc) is 2.62. The van der Waals surface area contributed by atoms with Gasteiger partial charge in [0.15, 0.2) is 0 Å². The second kappa shape index (κ2) is 18.0. The molecule has 0 spiro atoms.